The van der Waals surface area contributed by atoms with Crippen LogP contribution in [0.4, 0.5) is 11.4 Å². The van der Waals surface area contributed by atoms with Crippen molar-refractivity contribution in [2.75, 3.05) is 37.4 Å². The number of nitrogens with one attached hydrogen (secondary N) is 3. The summed E-state index contributed by atoms with van der Waals surface area (Å²) in [7, 11) is 1.66. The maximum atomic E-state index is 12.3. The average Bonchev–Trinajstić information content (AvgIpc) is 2.44. The van der Waals surface area contributed by atoms with Gasteiger partial charge in [0.15, 0.2) is 0 Å². The lowest BCUT2D eigenvalue weighted by Gasteiger charge is -2.23. The van der Waals surface area contributed by atoms with Crippen molar-refractivity contribution in [1.82, 2.24) is 5.32 Å². The van der Waals surface area contributed by atoms with Crippen molar-refractivity contribution in [2.45, 2.75) is 19.4 Å². The summed E-state index contributed by atoms with van der Waals surface area (Å²) in [5.41, 5.74) is 2.57. The topological polar surface area (TPSA) is 62.4 Å². The number of hydrogen-bond acceptors (Lipinski definition) is 4. The zero-order chi connectivity index (χ0) is 13.7. The largest absolute Gasteiger partial charge is 0.385 e. The van der Waals surface area contributed by atoms with Crippen molar-refractivity contribution in [1.29, 1.82) is 0 Å². The van der Waals surface area contributed by atoms with Gasteiger partial charge in [-0.2, -0.15) is 0 Å². The number of hydrogen-bond donors (Lipinski definition) is 3. The number of methoxy groups -OCH3 is 1. The lowest BCUT2D eigenvalue weighted by Crippen LogP contribution is -2.34. The van der Waals surface area contributed by atoms with E-state index in [4.69, 9.17) is 4.74 Å². The molecule has 0 spiro atoms. The molecule has 1 aliphatic rings. The number of ether oxygens (including phenoxy) is 1. The molecule has 0 fully saturated rings. The van der Waals surface area contributed by atoms with Crippen molar-refractivity contribution in [3.8, 4) is 0 Å². The fourth-order valence-corrected chi connectivity index (χ4v) is 2.13. The second-order valence-electron chi connectivity index (χ2n) is 4.74. The average molecular weight is 263 g/mol. The van der Waals surface area contributed by atoms with Gasteiger partial charge < -0.3 is 20.7 Å². The zero-order valence-electron chi connectivity index (χ0n) is 11.5. The molecule has 5 nitrogen and oxygen atoms in total. The predicted molar refractivity (Wildman–Crippen MR) is 76.8 cm³/mol. The molecular weight excluding hydrogens is 242 g/mol. The first kappa shape index (κ1) is 13.7. The summed E-state index contributed by atoms with van der Waals surface area (Å²) in [5, 5.41) is 9.56. The second kappa shape index (κ2) is 6.43. The van der Waals surface area contributed by atoms with E-state index in [0.29, 0.717) is 12.2 Å². The molecule has 1 unspecified atom stereocenters. The van der Waals surface area contributed by atoms with E-state index in [9.17, 15) is 4.79 Å². The van der Waals surface area contributed by atoms with Crippen molar-refractivity contribution < 1.29 is 9.53 Å². The van der Waals surface area contributed by atoms with Crippen LogP contribution in [0.1, 0.15) is 23.7 Å². The van der Waals surface area contributed by atoms with Crippen LogP contribution in [-0.2, 0) is 4.74 Å². The summed E-state index contributed by atoms with van der Waals surface area (Å²) in [6, 6.07) is 5.82. The Labute approximate surface area is 113 Å². The molecular formula is C14H21N3O2. The molecule has 104 valence electrons. The van der Waals surface area contributed by atoms with E-state index >= 15 is 0 Å². The van der Waals surface area contributed by atoms with Crippen LogP contribution in [0, 0.1) is 0 Å². The smallest absolute Gasteiger partial charge is 0.253 e. The number of para-hydroxylation sites is 1. The van der Waals surface area contributed by atoms with E-state index in [-0.39, 0.29) is 11.9 Å². The highest BCUT2D eigenvalue weighted by Gasteiger charge is 2.18. The molecule has 1 amide bonds. The molecule has 0 saturated carbocycles. The SMILES string of the molecule is COCCC(C)NC(=O)c1cccc2c1NCCN2. The Morgan fingerprint density at radius 1 is 1.42 bits per heavy atom. The Bertz CT molecular complexity index is 448. The maximum absolute atomic E-state index is 12.3. The molecule has 0 radical (unpaired) electrons. The van der Waals surface area contributed by atoms with Gasteiger partial charge in [0.25, 0.3) is 5.91 Å². The van der Waals surface area contributed by atoms with Gasteiger partial charge in [-0.15, -0.1) is 0 Å². The van der Waals surface area contributed by atoms with Crippen LogP contribution in [0.3, 0.4) is 0 Å². The van der Waals surface area contributed by atoms with Gasteiger partial charge in [-0.1, -0.05) is 6.07 Å². The van der Waals surface area contributed by atoms with Crippen molar-refractivity contribution in [3.63, 3.8) is 0 Å². The van der Waals surface area contributed by atoms with Crippen LogP contribution in [0.15, 0.2) is 18.2 Å². The van der Waals surface area contributed by atoms with Gasteiger partial charge in [-0.25, -0.2) is 0 Å². The molecule has 1 aliphatic heterocycles. The van der Waals surface area contributed by atoms with Gasteiger partial charge in [0.05, 0.1) is 16.9 Å². The van der Waals surface area contributed by atoms with Gasteiger partial charge in [0.2, 0.25) is 0 Å². The minimum absolute atomic E-state index is 0.0448. The normalized spacial score (nSPS) is 14.8. The minimum Gasteiger partial charge on any atom is -0.385 e. The highest BCUT2D eigenvalue weighted by Crippen LogP contribution is 2.28. The predicted octanol–water partition coefficient (Wildman–Crippen LogP) is 1.68. The van der Waals surface area contributed by atoms with Crippen molar-refractivity contribution >= 4 is 17.3 Å². The summed E-state index contributed by atoms with van der Waals surface area (Å²) in [5.74, 6) is -0.0448. The number of carbonyl (C=O) groups excluding carboxylic acids is 1. The summed E-state index contributed by atoms with van der Waals surface area (Å²) in [6.07, 6.45) is 0.808. The highest BCUT2D eigenvalue weighted by molar-refractivity contribution is 6.02. The molecule has 0 bridgehead atoms. The van der Waals surface area contributed by atoms with E-state index in [1.807, 2.05) is 25.1 Å². The van der Waals surface area contributed by atoms with Crippen LogP contribution in [0.5, 0.6) is 0 Å². The van der Waals surface area contributed by atoms with Gasteiger partial charge in [0.1, 0.15) is 0 Å². The van der Waals surface area contributed by atoms with Gasteiger partial charge >= 0.3 is 0 Å². The summed E-state index contributed by atoms with van der Waals surface area (Å²) in [4.78, 5) is 12.3. The Kier molecular flexibility index (Phi) is 4.63. The molecule has 0 aromatic heterocycles. The zero-order valence-corrected chi connectivity index (χ0v) is 11.5. The maximum Gasteiger partial charge on any atom is 0.253 e. The molecule has 1 heterocycles. The van der Waals surface area contributed by atoms with E-state index < -0.39 is 0 Å². The molecule has 0 saturated heterocycles. The number of benzene rings is 1. The minimum atomic E-state index is -0.0448. The first-order chi connectivity index (χ1) is 9.22. The third-order valence-corrected chi connectivity index (χ3v) is 3.18. The van der Waals surface area contributed by atoms with Crippen LogP contribution in [-0.4, -0.2) is 38.8 Å². The lowest BCUT2D eigenvalue weighted by molar-refractivity contribution is 0.0930. The van der Waals surface area contributed by atoms with Gasteiger partial charge in [-0.05, 0) is 25.5 Å². The van der Waals surface area contributed by atoms with E-state index in [1.54, 1.807) is 7.11 Å². The Morgan fingerprint density at radius 3 is 3.00 bits per heavy atom. The Balaban J connectivity index is 2.07. The quantitative estimate of drug-likeness (QED) is 0.756. The number of fused-ring (bicyclic) bond motifs is 1. The molecule has 5 heteroatoms. The summed E-state index contributed by atoms with van der Waals surface area (Å²) < 4.78 is 5.02. The summed E-state index contributed by atoms with van der Waals surface area (Å²) >= 11 is 0. The van der Waals surface area contributed by atoms with Gasteiger partial charge in [-0.3, -0.25) is 4.79 Å². The number of amides is 1. The van der Waals surface area contributed by atoms with E-state index in [0.717, 1.165) is 30.9 Å². The third-order valence-electron chi connectivity index (χ3n) is 3.18. The molecule has 1 aromatic carbocycles. The van der Waals surface area contributed by atoms with E-state index in [1.165, 1.54) is 0 Å². The summed E-state index contributed by atoms with van der Waals surface area (Å²) in [6.45, 7) is 4.34. The molecule has 19 heavy (non-hydrogen) atoms. The van der Waals surface area contributed by atoms with Crippen LogP contribution < -0.4 is 16.0 Å². The van der Waals surface area contributed by atoms with Crippen LogP contribution in [0.2, 0.25) is 0 Å². The standard InChI is InChI=1S/C14H21N3O2/c1-10(6-9-19-2)17-14(18)11-4-3-5-12-13(11)16-8-7-15-12/h3-5,10,15-16H,6-9H2,1-2H3,(H,17,18). The second-order valence-corrected chi connectivity index (χ2v) is 4.74. The lowest BCUT2D eigenvalue weighted by atomic mass is 10.1. The van der Waals surface area contributed by atoms with Gasteiger partial charge in [0, 0.05) is 32.8 Å². The number of anilines is 2. The molecule has 1 atom stereocenters. The van der Waals surface area contributed by atoms with Crippen LogP contribution in [0.25, 0.3) is 0 Å². The number of rotatable bonds is 5. The number of carbonyl (C=O) groups is 1. The fraction of sp³-hybridized carbons (Fsp3) is 0.500. The van der Waals surface area contributed by atoms with E-state index in [2.05, 4.69) is 16.0 Å². The monoisotopic (exact) mass is 263 g/mol. The van der Waals surface area contributed by atoms with Crippen molar-refractivity contribution in [2.24, 2.45) is 0 Å². The molecule has 1 aromatic rings. The Hall–Kier alpha value is -1.75. The van der Waals surface area contributed by atoms with Crippen LogP contribution >= 0.6 is 0 Å². The Morgan fingerprint density at radius 2 is 2.21 bits per heavy atom. The third kappa shape index (κ3) is 3.38. The molecule has 0 aliphatic carbocycles. The molecule has 3 N–H and O–H groups in total. The molecule has 2 rings (SSSR count). The fourth-order valence-electron chi connectivity index (χ4n) is 2.13. The van der Waals surface area contributed by atoms with Crippen molar-refractivity contribution in [3.05, 3.63) is 23.8 Å². The first-order valence-electron chi connectivity index (χ1n) is 6.63. The first-order valence-corrected chi connectivity index (χ1v) is 6.63. The highest BCUT2D eigenvalue weighted by atomic mass is 16.5.